The number of phosphoric acid groups is 2. The molecule has 3 N–H and O–H groups in total. The van der Waals surface area contributed by atoms with E-state index in [0.29, 0.717) is 25.7 Å². The van der Waals surface area contributed by atoms with Crippen molar-refractivity contribution in [2.24, 2.45) is 17.8 Å². The number of carbonyl (C=O) groups is 4. The van der Waals surface area contributed by atoms with Gasteiger partial charge in [-0.05, 0) is 43.4 Å². The third kappa shape index (κ3) is 87.7. The third-order valence-corrected chi connectivity index (χ3v) is 24.0. The summed E-state index contributed by atoms with van der Waals surface area (Å²) in [7, 11) is -9.94. The molecule has 5 atom stereocenters. The van der Waals surface area contributed by atoms with Crippen LogP contribution in [0.3, 0.4) is 0 Å². The van der Waals surface area contributed by atoms with E-state index in [1.54, 1.807) is 0 Å². The Morgan fingerprint density at radius 2 is 0.407 bits per heavy atom. The van der Waals surface area contributed by atoms with E-state index in [4.69, 9.17) is 37.0 Å². The van der Waals surface area contributed by atoms with Crippen LogP contribution < -0.4 is 0 Å². The average molecular weight is 1650 g/mol. The average Bonchev–Trinajstić information content (AvgIpc) is 0.903. The van der Waals surface area contributed by atoms with Gasteiger partial charge in [-0.3, -0.25) is 37.3 Å². The van der Waals surface area contributed by atoms with E-state index in [0.717, 1.165) is 108 Å². The van der Waals surface area contributed by atoms with Crippen molar-refractivity contribution < 1.29 is 80.2 Å². The second-order valence-corrected chi connectivity index (χ2v) is 38.1. The summed E-state index contributed by atoms with van der Waals surface area (Å²) < 4.78 is 69.2. The summed E-state index contributed by atoms with van der Waals surface area (Å²) in [6, 6.07) is 0. The molecular formula is C94H184O17P2. The van der Waals surface area contributed by atoms with Gasteiger partial charge in [-0.15, -0.1) is 0 Å². The van der Waals surface area contributed by atoms with Gasteiger partial charge in [-0.25, -0.2) is 9.13 Å². The SMILES string of the molecule is CCCCCCCCCCCCCCCCCCCCCCCCC(=O)O[C@H](COC(=O)CCCCCCCCCCCCCCCCCCCCC(C)C)COP(=O)(O)OC[C@@H](O)COP(=O)(O)OC[C@@H](COC(=O)CCCCCCCCCCCC(C)C)OC(=O)CCCCCCCCCCCCCCCCCC(C)C. The van der Waals surface area contributed by atoms with Crippen LogP contribution in [0.25, 0.3) is 0 Å². The standard InChI is InChI=1S/C94H184O17P2/c1-8-9-10-11-12-13-14-15-16-17-18-19-20-21-26-31-36-41-48-56-63-70-77-93(98)110-89(81-104-91(96)75-68-61-54-47-40-35-30-25-23-22-24-28-33-38-44-51-58-65-72-85(2)3)83-108-112(100,101)106-79-88(95)80-107-113(102,103)109-84-90(82-105-92(97)76-69-62-55-50-43-46-53-60-67-74-87(6)7)111-94(99)78-71-64-57-49-42-37-32-27-29-34-39-45-52-59-66-73-86(4)5/h85-90,95H,8-84H2,1-7H3,(H,100,101)(H,102,103)/t88-,89-,90-/m1/s1. The molecule has 0 amide bonds. The topological polar surface area (TPSA) is 237 Å². The minimum Gasteiger partial charge on any atom is -0.462 e. The van der Waals surface area contributed by atoms with Crippen LogP contribution in [0.15, 0.2) is 0 Å². The van der Waals surface area contributed by atoms with Crippen LogP contribution in [-0.4, -0.2) is 96.7 Å². The van der Waals surface area contributed by atoms with Crippen molar-refractivity contribution in [3.8, 4) is 0 Å². The van der Waals surface area contributed by atoms with Crippen LogP contribution in [0.2, 0.25) is 0 Å². The van der Waals surface area contributed by atoms with Gasteiger partial charge in [0.15, 0.2) is 12.2 Å². The third-order valence-electron chi connectivity index (χ3n) is 22.1. The van der Waals surface area contributed by atoms with Gasteiger partial charge in [-0.2, -0.15) is 0 Å². The van der Waals surface area contributed by atoms with Crippen LogP contribution in [0.4, 0.5) is 0 Å². The second kappa shape index (κ2) is 83.7. The first-order valence-electron chi connectivity index (χ1n) is 48.3. The molecule has 0 rings (SSSR count). The summed E-state index contributed by atoms with van der Waals surface area (Å²) in [5.74, 6) is 0.274. The van der Waals surface area contributed by atoms with Crippen LogP contribution in [-0.2, 0) is 65.4 Å². The number of aliphatic hydroxyl groups excluding tert-OH is 1. The van der Waals surface area contributed by atoms with Crippen LogP contribution >= 0.6 is 15.6 Å². The number of rotatable bonds is 92. The Hall–Kier alpha value is -1.94. The van der Waals surface area contributed by atoms with Crippen LogP contribution in [0.1, 0.15) is 504 Å². The minimum atomic E-state index is -4.97. The molecule has 17 nitrogen and oxygen atoms in total. The molecule has 19 heteroatoms. The van der Waals surface area contributed by atoms with Crippen molar-refractivity contribution in [2.45, 2.75) is 523 Å². The molecule has 0 radical (unpaired) electrons. The maximum Gasteiger partial charge on any atom is 0.472 e. The van der Waals surface area contributed by atoms with E-state index < -0.39 is 97.5 Å². The first-order valence-corrected chi connectivity index (χ1v) is 51.3. The summed E-state index contributed by atoms with van der Waals surface area (Å²) >= 11 is 0. The highest BCUT2D eigenvalue weighted by Gasteiger charge is 2.31. The molecule has 0 aromatic heterocycles. The number of carbonyl (C=O) groups excluding carboxylic acids is 4. The highest BCUT2D eigenvalue weighted by atomic mass is 31.2. The summed E-state index contributed by atoms with van der Waals surface area (Å²) in [4.78, 5) is 73.5. The van der Waals surface area contributed by atoms with Gasteiger partial charge in [0, 0.05) is 25.7 Å². The first kappa shape index (κ1) is 111. The molecule has 2 unspecified atom stereocenters. The number of phosphoric ester groups is 2. The van der Waals surface area contributed by atoms with E-state index in [2.05, 4.69) is 48.5 Å². The molecule has 0 saturated heterocycles. The molecular weight excluding hydrogens is 1460 g/mol. The molecule has 113 heavy (non-hydrogen) atoms. The van der Waals surface area contributed by atoms with Gasteiger partial charge in [0.2, 0.25) is 0 Å². The van der Waals surface area contributed by atoms with Crippen LogP contribution in [0.5, 0.6) is 0 Å². The van der Waals surface area contributed by atoms with Crippen molar-refractivity contribution in [3.63, 3.8) is 0 Å². The van der Waals surface area contributed by atoms with Gasteiger partial charge in [0.1, 0.15) is 19.3 Å². The van der Waals surface area contributed by atoms with Crippen molar-refractivity contribution in [3.05, 3.63) is 0 Å². The quantitative estimate of drug-likeness (QED) is 0.0222. The molecule has 0 heterocycles. The van der Waals surface area contributed by atoms with Crippen molar-refractivity contribution in [2.75, 3.05) is 39.6 Å². The number of hydrogen-bond donors (Lipinski definition) is 3. The molecule has 0 aromatic rings. The van der Waals surface area contributed by atoms with Gasteiger partial charge < -0.3 is 33.8 Å². The molecule has 672 valence electrons. The van der Waals surface area contributed by atoms with E-state index in [1.807, 2.05) is 0 Å². The van der Waals surface area contributed by atoms with Crippen molar-refractivity contribution in [1.29, 1.82) is 0 Å². The Morgan fingerprint density at radius 3 is 0.602 bits per heavy atom. The zero-order valence-electron chi connectivity index (χ0n) is 74.9. The second-order valence-electron chi connectivity index (χ2n) is 35.2. The maximum atomic E-state index is 13.2. The maximum absolute atomic E-state index is 13.2. The largest absolute Gasteiger partial charge is 0.472 e. The molecule has 0 fully saturated rings. The highest BCUT2D eigenvalue weighted by molar-refractivity contribution is 7.47. The number of hydrogen-bond acceptors (Lipinski definition) is 15. The number of unbranched alkanes of at least 4 members (excludes halogenated alkanes) is 60. The molecule has 0 aliphatic rings. The summed E-state index contributed by atoms with van der Waals surface area (Å²) in [6.07, 6.45) is 78.0. The Labute approximate surface area is 696 Å². The lowest BCUT2D eigenvalue weighted by Crippen LogP contribution is -2.30. The normalized spacial score (nSPS) is 13.7. The van der Waals surface area contributed by atoms with E-state index in [9.17, 15) is 43.2 Å². The monoisotopic (exact) mass is 1650 g/mol. The summed E-state index contributed by atoms with van der Waals surface area (Å²) in [5.41, 5.74) is 0. The Bertz CT molecular complexity index is 2170. The molecule has 0 aliphatic carbocycles. The summed E-state index contributed by atoms with van der Waals surface area (Å²) in [5, 5.41) is 10.7. The van der Waals surface area contributed by atoms with E-state index in [-0.39, 0.29) is 25.7 Å². The first-order chi connectivity index (χ1) is 54.7. The minimum absolute atomic E-state index is 0.108. The Kier molecular flexibility index (Phi) is 82.3. The molecule has 0 saturated carbocycles. The highest BCUT2D eigenvalue weighted by Crippen LogP contribution is 2.45. The van der Waals surface area contributed by atoms with Gasteiger partial charge in [0.25, 0.3) is 0 Å². The molecule has 0 aliphatic heterocycles. The fourth-order valence-corrected chi connectivity index (χ4v) is 16.4. The van der Waals surface area contributed by atoms with Gasteiger partial charge in [-0.1, -0.05) is 453 Å². The zero-order chi connectivity index (χ0) is 82.9. The fourth-order valence-electron chi connectivity index (χ4n) is 14.8. The van der Waals surface area contributed by atoms with Crippen molar-refractivity contribution in [1.82, 2.24) is 0 Å². The Balaban J connectivity index is 5.24. The number of aliphatic hydroxyl groups is 1. The zero-order valence-corrected chi connectivity index (χ0v) is 76.7. The molecule has 0 aromatic carbocycles. The lowest BCUT2D eigenvalue weighted by Gasteiger charge is -2.21. The lowest BCUT2D eigenvalue weighted by molar-refractivity contribution is -0.161. The predicted molar refractivity (Wildman–Crippen MR) is 469 cm³/mol. The number of esters is 4. The van der Waals surface area contributed by atoms with Gasteiger partial charge >= 0.3 is 39.5 Å². The fraction of sp³-hybridized carbons (Fsp3) is 0.957. The van der Waals surface area contributed by atoms with Crippen molar-refractivity contribution >= 4 is 39.5 Å². The summed E-state index contributed by atoms with van der Waals surface area (Å²) in [6.45, 7) is 12.1. The van der Waals surface area contributed by atoms with E-state index >= 15 is 0 Å². The smallest absolute Gasteiger partial charge is 0.462 e. The molecule has 0 bridgehead atoms. The van der Waals surface area contributed by atoms with Crippen LogP contribution in [0, 0.1) is 17.8 Å². The lowest BCUT2D eigenvalue weighted by atomic mass is 10.0. The van der Waals surface area contributed by atoms with Gasteiger partial charge in [0.05, 0.1) is 26.4 Å². The van der Waals surface area contributed by atoms with E-state index in [1.165, 1.54) is 315 Å². The predicted octanol–water partition coefficient (Wildman–Crippen LogP) is 29.2. The Morgan fingerprint density at radius 1 is 0.239 bits per heavy atom. The molecule has 0 spiro atoms. The number of ether oxygens (including phenoxy) is 4.